The third kappa shape index (κ3) is 4.39. The third-order valence-electron chi connectivity index (χ3n) is 3.68. The molecule has 0 fully saturated rings. The fourth-order valence-corrected chi connectivity index (χ4v) is 2.61. The molecule has 2 rings (SSSR count). The van der Waals surface area contributed by atoms with Crippen LogP contribution in [0, 0.1) is 6.92 Å². The van der Waals surface area contributed by atoms with Crippen molar-refractivity contribution in [3.63, 3.8) is 0 Å². The van der Waals surface area contributed by atoms with Crippen molar-refractivity contribution in [2.75, 3.05) is 20.8 Å². The molecule has 4 heteroatoms. The molecule has 0 radical (unpaired) electrons. The monoisotopic (exact) mass is 319 g/mol. The average Bonchev–Trinajstić information content (AvgIpc) is 2.53. The van der Waals surface area contributed by atoms with E-state index in [9.17, 15) is 0 Å². The van der Waals surface area contributed by atoms with Crippen LogP contribution < -0.4 is 14.8 Å². The Balaban J connectivity index is 1.91. The van der Waals surface area contributed by atoms with Gasteiger partial charge in [0.15, 0.2) is 0 Å². The molecule has 0 unspecified atom stereocenters. The van der Waals surface area contributed by atoms with Crippen LogP contribution in [0.1, 0.15) is 16.7 Å². The molecule has 0 aliphatic carbocycles. The summed E-state index contributed by atoms with van der Waals surface area (Å²) in [5.74, 6) is 1.75. The fraction of sp³-hybridized carbons (Fsp3) is 0.333. The highest BCUT2D eigenvalue weighted by Crippen LogP contribution is 2.24. The summed E-state index contributed by atoms with van der Waals surface area (Å²) in [5.41, 5.74) is 3.61. The third-order valence-corrected chi connectivity index (χ3v) is 3.91. The van der Waals surface area contributed by atoms with Crippen LogP contribution in [-0.4, -0.2) is 20.8 Å². The highest BCUT2D eigenvalue weighted by Gasteiger charge is 2.05. The predicted molar refractivity (Wildman–Crippen MR) is 91.1 cm³/mol. The maximum atomic E-state index is 5.97. The maximum Gasteiger partial charge on any atom is 0.122 e. The van der Waals surface area contributed by atoms with Gasteiger partial charge in [0, 0.05) is 11.6 Å². The number of nitrogens with one attached hydrogen (secondary N) is 1. The summed E-state index contributed by atoms with van der Waals surface area (Å²) in [6, 6.07) is 11.9. The quantitative estimate of drug-likeness (QED) is 0.783. The maximum absolute atomic E-state index is 5.97. The largest absolute Gasteiger partial charge is 0.497 e. The first-order valence-electron chi connectivity index (χ1n) is 7.30. The number of rotatable bonds is 7. The fourth-order valence-electron chi connectivity index (χ4n) is 2.38. The van der Waals surface area contributed by atoms with E-state index >= 15 is 0 Å². The molecule has 2 aromatic rings. The minimum absolute atomic E-state index is 0.780. The van der Waals surface area contributed by atoms with E-state index in [1.54, 1.807) is 14.2 Å². The Morgan fingerprint density at radius 2 is 1.82 bits per heavy atom. The lowest BCUT2D eigenvalue weighted by molar-refractivity contribution is 0.398. The highest BCUT2D eigenvalue weighted by molar-refractivity contribution is 6.30. The van der Waals surface area contributed by atoms with Crippen molar-refractivity contribution in [3.05, 3.63) is 58.1 Å². The molecule has 0 spiro atoms. The molecular weight excluding hydrogens is 298 g/mol. The second-order valence-corrected chi connectivity index (χ2v) is 5.61. The van der Waals surface area contributed by atoms with Crippen LogP contribution >= 0.6 is 11.6 Å². The van der Waals surface area contributed by atoms with Gasteiger partial charge in [-0.2, -0.15) is 0 Å². The van der Waals surface area contributed by atoms with E-state index < -0.39 is 0 Å². The van der Waals surface area contributed by atoms with Gasteiger partial charge in [-0.15, -0.1) is 0 Å². The molecular formula is C18H22ClNO2. The van der Waals surface area contributed by atoms with Crippen molar-refractivity contribution in [3.8, 4) is 11.5 Å². The molecule has 22 heavy (non-hydrogen) atoms. The lowest BCUT2D eigenvalue weighted by Gasteiger charge is -2.12. The summed E-state index contributed by atoms with van der Waals surface area (Å²) < 4.78 is 10.7. The zero-order valence-corrected chi connectivity index (χ0v) is 14.0. The van der Waals surface area contributed by atoms with E-state index in [-0.39, 0.29) is 0 Å². The second kappa shape index (κ2) is 8.06. The van der Waals surface area contributed by atoms with Gasteiger partial charge in [0.1, 0.15) is 11.5 Å². The number of benzene rings is 2. The minimum atomic E-state index is 0.780. The molecule has 0 atom stereocenters. The van der Waals surface area contributed by atoms with Crippen molar-refractivity contribution in [1.82, 2.24) is 5.32 Å². The Morgan fingerprint density at radius 1 is 1.00 bits per heavy atom. The van der Waals surface area contributed by atoms with E-state index in [2.05, 4.69) is 18.3 Å². The number of aryl methyl sites for hydroxylation is 1. The molecule has 3 nitrogen and oxygen atoms in total. The molecule has 0 aliphatic heterocycles. The first-order chi connectivity index (χ1) is 10.6. The molecule has 1 N–H and O–H groups in total. The smallest absolute Gasteiger partial charge is 0.122 e. The summed E-state index contributed by atoms with van der Waals surface area (Å²) in [5, 5.41) is 4.24. The lowest BCUT2D eigenvalue weighted by atomic mass is 10.1. The minimum Gasteiger partial charge on any atom is -0.497 e. The van der Waals surface area contributed by atoms with Gasteiger partial charge in [-0.1, -0.05) is 17.7 Å². The zero-order valence-electron chi connectivity index (χ0n) is 13.3. The zero-order chi connectivity index (χ0) is 15.9. The molecule has 0 aromatic heterocycles. The summed E-state index contributed by atoms with van der Waals surface area (Å²) in [7, 11) is 3.36. The van der Waals surface area contributed by atoms with Crippen molar-refractivity contribution < 1.29 is 9.47 Å². The predicted octanol–water partition coefficient (Wildman–Crippen LogP) is 4.00. The van der Waals surface area contributed by atoms with Gasteiger partial charge >= 0.3 is 0 Å². The molecule has 118 valence electrons. The number of hydrogen-bond donors (Lipinski definition) is 1. The number of ether oxygens (including phenoxy) is 2. The van der Waals surface area contributed by atoms with Crippen LogP contribution in [0.2, 0.25) is 5.02 Å². The molecule has 0 bridgehead atoms. The lowest BCUT2D eigenvalue weighted by Crippen LogP contribution is -2.17. The van der Waals surface area contributed by atoms with Gasteiger partial charge in [-0.3, -0.25) is 0 Å². The van der Waals surface area contributed by atoms with E-state index in [1.807, 2.05) is 30.3 Å². The molecule has 0 saturated heterocycles. The number of methoxy groups -OCH3 is 2. The standard InChI is InChI=1S/C18H22ClNO2/c1-13-10-16(19)5-4-15(13)12-20-9-8-14-11-17(21-2)6-7-18(14)22-3/h4-7,10-11,20H,8-9,12H2,1-3H3. The van der Waals surface area contributed by atoms with E-state index in [0.29, 0.717) is 0 Å². The summed E-state index contributed by atoms with van der Waals surface area (Å²) in [6.07, 6.45) is 0.882. The van der Waals surface area contributed by atoms with Crippen molar-refractivity contribution >= 4 is 11.6 Å². The Bertz CT molecular complexity index is 628. The highest BCUT2D eigenvalue weighted by atomic mass is 35.5. The second-order valence-electron chi connectivity index (χ2n) is 5.18. The van der Waals surface area contributed by atoms with Crippen LogP contribution in [0.5, 0.6) is 11.5 Å². The molecule has 2 aromatic carbocycles. The van der Waals surface area contributed by atoms with E-state index in [1.165, 1.54) is 11.1 Å². The number of hydrogen-bond acceptors (Lipinski definition) is 3. The van der Waals surface area contributed by atoms with Crippen LogP contribution in [0.3, 0.4) is 0 Å². The van der Waals surface area contributed by atoms with Gasteiger partial charge in [-0.05, 0) is 66.9 Å². The van der Waals surface area contributed by atoms with Crippen molar-refractivity contribution in [2.45, 2.75) is 19.9 Å². The van der Waals surface area contributed by atoms with Gasteiger partial charge in [0.05, 0.1) is 14.2 Å². The molecule has 0 heterocycles. The van der Waals surface area contributed by atoms with E-state index in [0.717, 1.165) is 41.6 Å². The van der Waals surface area contributed by atoms with Crippen LogP contribution in [0.15, 0.2) is 36.4 Å². The molecule has 0 aliphatic rings. The van der Waals surface area contributed by atoms with Crippen LogP contribution in [0.25, 0.3) is 0 Å². The number of halogens is 1. The van der Waals surface area contributed by atoms with E-state index in [4.69, 9.17) is 21.1 Å². The summed E-state index contributed by atoms with van der Waals surface area (Å²) in [6.45, 7) is 3.77. The van der Waals surface area contributed by atoms with Gasteiger partial charge in [0.2, 0.25) is 0 Å². The summed E-state index contributed by atoms with van der Waals surface area (Å²) in [4.78, 5) is 0. The first-order valence-corrected chi connectivity index (χ1v) is 7.68. The van der Waals surface area contributed by atoms with Gasteiger partial charge in [0.25, 0.3) is 0 Å². The molecule has 0 saturated carbocycles. The molecule has 0 amide bonds. The topological polar surface area (TPSA) is 30.5 Å². The Kier molecular flexibility index (Phi) is 6.10. The SMILES string of the molecule is COc1ccc(OC)c(CCNCc2ccc(Cl)cc2C)c1. The first kappa shape index (κ1) is 16.7. The van der Waals surface area contributed by atoms with Gasteiger partial charge in [-0.25, -0.2) is 0 Å². The van der Waals surface area contributed by atoms with Crippen molar-refractivity contribution in [2.24, 2.45) is 0 Å². The average molecular weight is 320 g/mol. The van der Waals surface area contributed by atoms with Crippen molar-refractivity contribution in [1.29, 1.82) is 0 Å². The Morgan fingerprint density at radius 3 is 2.50 bits per heavy atom. The summed E-state index contributed by atoms with van der Waals surface area (Å²) >= 11 is 5.97. The van der Waals surface area contributed by atoms with Crippen LogP contribution in [0.4, 0.5) is 0 Å². The van der Waals surface area contributed by atoms with Gasteiger partial charge < -0.3 is 14.8 Å². The Hall–Kier alpha value is -1.71. The normalized spacial score (nSPS) is 10.5. The Labute approximate surface area is 137 Å². The van der Waals surface area contributed by atoms with Crippen LogP contribution in [-0.2, 0) is 13.0 Å².